The zero-order valence-corrected chi connectivity index (χ0v) is 16.9. The minimum absolute atomic E-state index is 0.0409. The molecule has 0 saturated heterocycles. The molecule has 0 aliphatic rings. The second kappa shape index (κ2) is 8.44. The summed E-state index contributed by atoms with van der Waals surface area (Å²) >= 11 is 0. The number of hydrogen-bond acceptors (Lipinski definition) is 6. The third kappa shape index (κ3) is 4.89. The van der Waals surface area contributed by atoms with Gasteiger partial charge in [-0.1, -0.05) is 42.5 Å². The van der Waals surface area contributed by atoms with E-state index < -0.39 is 23.1 Å². The first-order chi connectivity index (χ1) is 13.1. The summed E-state index contributed by atoms with van der Waals surface area (Å²) in [4.78, 5) is 24.9. The fourth-order valence-corrected chi connectivity index (χ4v) is 2.79. The smallest absolute Gasteiger partial charge is 0.338 e. The van der Waals surface area contributed by atoms with Gasteiger partial charge in [0.2, 0.25) is 5.54 Å². The number of carbonyl (C=O) groups excluding carboxylic acids is 2. The molecule has 0 aliphatic heterocycles. The number of benzene rings is 2. The normalized spacial score (nSPS) is 13.4. The van der Waals surface area contributed by atoms with Crippen molar-refractivity contribution in [3.05, 3.63) is 54.1 Å². The van der Waals surface area contributed by atoms with E-state index in [0.717, 1.165) is 16.9 Å². The highest BCUT2D eigenvalue weighted by Crippen LogP contribution is 2.30. The molecule has 0 amide bonds. The van der Waals surface area contributed by atoms with E-state index in [1.54, 1.807) is 27.9 Å². The summed E-state index contributed by atoms with van der Waals surface area (Å²) < 4.78 is 15.5. The van der Waals surface area contributed by atoms with Crippen LogP contribution >= 0.6 is 0 Å². The Bertz CT molecular complexity index is 839. The number of carbonyl (C=O) groups is 2. The van der Waals surface area contributed by atoms with Crippen LogP contribution in [0.2, 0.25) is 0 Å². The van der Waals surface area contributed by atoms with Crippen molar-refractivity contribution >= 4 is 11.9 Å². The number of para-hydroxylation sites is 1. The number of esters is 2. The molecular weight excluding hydrogens is 358 g/mol. The van der Waals surface area contributed by atoms with Crippen molar-refractivity contribution in [2.45, 2.75) is 38.3 Å². The quantitative estimate of drug-likeness (QED) is 0.607. The van der Waals surface area contributed by atoms with Crippen LogP contribution in [0.1, 0.15) is 26.3 Å². The molecule has 2 aromatic carbocycles. The summed E-state index contributed by atoms with van der Waals surface area (Å²) in [5.74, 6) is -0.900. The molecule has 2 rings (SSSR count). The molecule has 150 valence electrons. The lowest BCUT2D eigenvalue weighted by atomic mass is 9.90. The van der Waals surface area contributed by atoms with E-state index in [0.29, 0.717) is 5.56 Å². The van der Waals surface area contributed by atoms with Gasteiger partial charge in [-0.3, -0.25) is 0 Å². The summed E-state index contributed by atoms with van der Waals surface area (Å²) in [5.41, 5.74) is 6.05. The monoisotopic (exact) mass is 385 g/mol. The molecule has 6 nitrogen and oxygen atoms in total. The maximum atomic E-state index is 12.6. The fourth-order valence-electron chi connectivity index (χ4n) is 2.79. The SMILES string of the molecule is COC(=O)[C@@](N)(Cc1ccc(-c2ccccc2OC)cc1)C(=O)OC(C)(C)C. The van der Waals surface area contributed by atoms with Crippen LogP contribution in [0.3, 0.4) is 0 Å². The van der Waals surface area contributed by atoms with Crippen LogP contribution in [0.5, 0.6) is 5.75 Å². The van der Waals surface area contributed by atoms with Gasteiger partial charge in [-0.2, -0.15) is 0 Å². The first-order valence-corrected chi connectivity index (χ1v) is 8.94. The number of ether oxygens (including phenoxy) is 3. The van der Waals surface area contributed by atoms with E-state index >= 15 is 0 Å². The van der Waals surface area contributed by atoms with Crippen LogP contribution in [-0.4, -0.2) is 37.3 Å². The Kier molecular flexibility index (Phi) is 6.46. The van der Waals surface area contributed by atoms with Gasteiger partial charge in [-0.15, -0.1) is 0 Å². The predicted molar refractivity (Wildman–Crippen MR) is 107 cm³/mol. The van der Waals surface area contributed by atoms with E-state index in [2.05, 4.69) is 0 Å². The van der Waals surface area contributed by atoms with Crippen LogP contribution in [0.15, 0.2) is 48.5 Å². The molecule has 28 heavy (non-hydrogen) atoms. The van der Waals surface area contributed by atoms with E-state index in [-0.39, 0.29) is 6.42 Å². The summed E-state index contributed by atoms with van der Waals surface area (Å²) in [6, 6.07) is 15.1. The summed E-state index contributed by atoms with van der Waals surface area (Å²) in [7, 11) is 2.81. The van der Waals surface area contributed by atoms with E-state index in [1.807, 2.05) is 48.5 Å². The van der Waals surface area contributed by atoms with Crippen molar-refractivity contribution in [1.82, 2.24) is 0 Å². The molecule has 2 aromatic rings. The van der Waals surface area contributed by atoms with Crippen LogP contribution < -0.4 is 10.5 Å². The zero-order valence-electron chi connectivity index (χ0n) is 16.9. The summed E-state index contributed by atoms with van der Waals surface area (Å²) in [6.45, 7) is 5.14. The number of nitrogens with two attached hydrogens (primary N) is 1. The lowest BCUT2D eigenvalue weighted by Gasteiger charge is -2.29. The molecule has 0 saturated carbocycles. The Morgan fingerprint density at radius 1 is 0.929 bits per heavy atom. The molecule has 2 N–H and O–H groups in total. The van der Waals surface area contributed by atoms with Crippen LogP contribution in [-0.2, 0) is 25.5 Å². The Labute approximate surface area is 165 Å². The Hall–Kier alpha value is -2.86. The highest BCUT2D eigenvalue weighted by molar-refractivity contribution is 6.05. The first-order valence-electron chi connectivity index (χ1n) is 8.94. The molecule has 0 fully saturated rings. The minimum Gasteiger partial charge on any atom is -0.496 e. The van der Waals surface area contributed by atoms with Crippen LogP contribution in [0, 0.1) is 0 Å². The van der Waals surface area contributed by atoms with Crippen LogP contribution in [0.4, 0.5) is 0 Å². The van der Waals surface area contributed by atoms with Gasteiger partial charge in [-0.05, 0) is 38.0 Å². The molecule has 0 heterocycles. The topological polar surface area (TPSA) is 87.9 Å². The van der Waals surface area contributed by atoms with Gasteiger partial charge < -0.3 is 19.9 Å². The zero-order chi connectivity index (χ0) is 20.9. The molecule has 6 heteroatoms. The largest absolute Gasteiger partial charge is 0.496 e. The standard InChI is InChI=1S/C22H27NO5/c1-21(2,3)28-20(25)22(23,19(24)27-5)14-15-10-12-16(13-11-15)17-8-6-7-9-18(17)26-4/h6-13H,14,23H2,1-5H3/t22-/m0/s1. The van der Waals surface area contributed by atoms with E-state index in [4.69, 9.17) is 19.9 Å². The lowest BCUT2D eigenvalue weighted by molar-refractivity contribution is -0.170. The van der Waals surface area contributed by atoms with Crippen molar-refractivity contribution < 1.29 is 23.8 Å². The van der Waals surface area contributed by atoms with Crippen molar-refractivity contribution in [3.63, 3.8) is 0 Å². The molecule has 0 bridgehead atoms. The number of rotatable bonds is 6. The van der Waals surface area contributed by atoms with Gasteiger partial charge in [0.05, 0.1) is 14.2 Å². The van der Waals surface area contributed by atoms with Crippen molar-refractivity contribution in [3.8, 4) is 16.9 Å². The molecule has 0 aliphatic carbocycles. The highest BCUT2D eigenvalue weighted by atomic mass is 16.6. The van der Waals surface area contributed by atoms with Gasteiger partial charge in [0.15, 0.2) is 0 Å². The van der Waals surface area contributed by atoms with Crippen LogP contribution in [0.25, 0.3) is 11.1 Å². The Balaban J connectivity index is 2.30. The molecule has 0 spiro atoms. The average molecular weight is 385 g/mol. The third-order valence-corrected chi connectivity index (χ3v) is 4.17. The predicted octanol–water partition coefficient (Wildman–Crippen LogP) is 3.12. The first kappa shape index (κ1) is 21.4. The van der Waals surface area contributed by atoms with Gasteiger partial charge >= 0.3 is 11.9 Å². The summed E-state index contributed by atoms with van der Waals surface area (Å²) in [6.07, 6.45) is -0.0409. The molecule has 0 radical (unpaired) electrons. The Morgan fingerprint density at radius 2 is 1.54 bits per heavy atom. The van der Waals surface area contributed by atoms with E-state index in [9.17, 15) is 9.59 Å². The molecule has 1 atom stereocenters. The summed E-state index contributed by atoms with van der Waals surface area (Å²) in [5, 5.41) is 0. The van der Waals surface area contributed by atoms with Crippen molar-refractivity contribution in [1.29, 1.82) is 0 Å². The second-order valence-corrected chi connectivity index (χ2v) is 7.54. The average Bonchev–Trinajstić information content (AvgIpc) is 2.66. The van der Waals surface area contributed by atoms with Gasteiger partial charge in [-0.25, -0.2) is 9.59 Å². The lowest BCUT2D eigenvalue weighted by Crippen LogP contribution is -2.59. The fraction of sp³-hybridized carbons (Fsp3) is 0.364. The van der Waals surface area contributed by atoms with Crippen molar-refractivity contribution in [2.24, 2.45) is 5.73 Å². The maximum Gasteiger partial charge on any atom is 0.338 e. The van der Waals surface area contributed by atoms with Gasteiger partial charge in [0, 0.05) is 12.0 Å². The molecule has 0 aromatic heterocycles. The van der Waals surface area contributed by atoms with Gasteiger partial charge in [0.1, 0.15) is 11.4 Å². The van der Waals surface area contributed by atoms with Crippen molar-refractivity contribution in [2.75, 3.05) is 14.2 Å². The maximum absolute atomic E-state index is 12.6. The number of hydrogen-bond donors (Lipinski definition) is 1. The number of methoxy groups -OCH3 is 2. The van der Waals surface area contributed by atoms with E-state index in [1.165, 1.54) is 7.11 Å². The second-order valence-electron chi connectivity index (χ2n) is 7.54. The molecular formula is C22H27NO5. The highest BCUT2D eigenvalue weighted by Gasteiger charge is 2.46. The minimum atomic E-state index is -1.92. The van der Waals surface area contributed by atoms with Gasteiger partial charge in [0.25, 0.3) is 0 Å². The molecule has 0 unspecified atom stereocenters. The Morgan fingerprint density at radius 3 is 2.07 bits per heavy atom. The third-order valence-electron chi connectivity index (χ3n) is 4.17.